The Morgan fingerprint density at radius 1 is 1.40 bits per heavy atom. The molecule has 5 heteroatoms. The highest BCUT2D eigenvalue weighted by atomic mass is 16.5. The molecule has 0 atom stereocenters. The molecule has 2 heterocycles. The molecule has 0 radical (unpaired) electrons. The maximum atomic E-state index is 10.9. The van der Waals surface area contributed by atoms with Gasteiger partial charge in [-0.2, -0.15) is 0 Å². The highest BCUT2D eigenvalue weighted by molar-refractivity contribution is 5.94. The van der Waals surface area contributed by atoms with Crippen molar-refractivity contribution in [2.24, 2.45) is 0 Å². The predicted molar refractivity (Wildman–Crippen MR) is 51.4 cm³/mol. The van der Waals surface area contributed by atoms with Crippen LogP contribution in [0.4, 0.5) is 0 Å². The first-order valence-corrected chi connectivity index (χ1v) is 4.30. The van der Waals surface area contributed by atoms with Crippen LogP contribution in [-0.2, 0) is 0 Å². The summed E-state index contributed by atoms with van der Waals surface area (Å²) in [6.45, 7) is 1.68. The van der Waals surface area contributed by atoms with E-state index in [2.05, 4.69) is 10.1 Å². The van der Waals surface area contributed by atoms with E-state index in [-0.39, 0.29) is 5.69 Å². The highest BCUT2D eigenvalue weighted by Gasteiger charge is 2.19. The fourth-order valence-electron chi connectivity index (χ4n) is 1.38. The molecular weight excluding hydrogens is 196 g/mol. The van der Waals surface area contributed by atoms with Gasteiger partial charge in [-0.1, -0.05) is 5.16 Å². The topological polar surface area (TPSA) is 76.2 Å². The number of aryl methyl sites for hydroxylation is 1. The Hall–Kier alpha value is -2.17. The molecule has 0 spiro atoms. The van der Waals surface area contributed by atoms with Gasteiger partial charge in [-0.3, -0.25) is 4.98 Å². The molecule has 1 N–H and O–H groups in total. The maximum absolute atomic E-state index is 10.9. The minimum atomic E-state index is -1.10. The molecular formula is C10H8N2O3. The van der Waals surface area contributed by atoms with Crippen LogP contribution in [0.25, 0.3) is 11.1 Å². The summed E-state index contributed by atoms with van der Waals surface area (Å²) in [6.07, 6.45) is 3.18. The van der Waals surface area contributed by atoms with Crippen LogP contribution in [0.1, 0.15) is 16.2 Å². The largest absolute Gasteiger partial charge is 0.476 e. The number of rotatable bonds is 2. The summed E-state index contributed by atoms with van der Waals surface area (Å²) in [6, 6.07) is 3.43. The number of pyridine rings is 1. The average Bonchev–Trinajstić information content (AvgIpc) is 2.61. The van der Waals surface area contributed by atoms with Gasteiger partial charge >= 0.3 is 5.97 Å². The van der Waals surface area contributed by atoms with Crippen molar-refractivity contribution in [3.8, 4) is 11.1 Å². The van der Waals surface area contributed by atoms with Crippen molar-refractivity contribution >= 4 is 5.97 Å². The summed E-state index contributed by atoms with van der Waals surface area (Å²) in [5, 5.41) is 12.4. The summed E-state index contributed by atoms with van der Waals surface area (Å²) in [7, 11) is 0. The van der Waals surface area contributed by atoms with Gasteiger partial charge in [0.05, 0.1) is 5.56 Å². The highest BCUT2D eigenvalue weighted by Crippen LogP contribution is 2.26. The lowest BCUT2D eigenvalue weighted by atomic mass is 10.1. The standard InChI is InChI=1S/C10H8N2O3/c1-6-8(7-2-4-11-5-3-7)9(10(13)14)12-15-6/h2-5H,1H3,(H,13,14). The molecule has 2 aromatic heterocycles. The van der Waals surface area contributed by atoms with E-state index in [0.29, 0.717) is 11.3 Å². The predicted octanol–water partition coefficient (Wildman–Crippen LogP) is 1.74. The van der Waals surface area contributed by atoms with E-state index < -0.39 is 5.97 Å². The Labute approximate surface area is 85.4 Å². The first-order chi connectivity index (χ1) is 7.20. The number of nitrogens with zero attached hydrogens (tertiary/aromatic N) is 2. The van der Waals surface area contributed by atoms with Gasteiger partial charge in [-0.25, -0.2) is 4.79 Å². The molecule has 5 nitrogen and oxygen atoms in total. The minimum absolute atomic E-state index is 0.0706. The van der Waals surface area contributed by atoms with Crippen LogP contribution in [0.15, 0.2) is 29.0 Å². The van der Waals surface area contributed by atoms with Crippen LogP contribution < -0.4 is 0 Å². The zero-order chi connectivity index (χ0) is 10.8. The average molecular weight is 204 g/mol. The van der Waals surface area contributed by atoms with Gasteiger partial charge in [-0.15, -0.1) is 0 Å². The summed E-state index contributed by atoms with van der Waals surface area (Å²) in [4.78, 5) is 14.7. The second-order valence-corrected chi connectivity index (χ2v) is 3.00. The molecule has 0 aliphatic rings. The van der Waals surface area contributed by atoms with E-state index in [1.54, 1.807) is 31.5 Å². The molecule has 0 unspecified atom stereocenters. The molecule has 2 rings (SSSR count). The van der Waals surface area contributed by atoms with E-state index in [1.165, 1.54) is 0 Å². The van der Waals surface area contributed by atoms with Crippen LogP contribution in [0.2, 0.25) is 0 Å². The van der Waals surface area contributed by atoms with Crippen LogP contribution in [0, 0.1) is 6.92 Å². The molecule has 15 heavy (non-hydrogen) atoms. The minimum Gasteiger partial charge on any atom is -0.476 e. The SMILES string of the molecule is Cc1onc(C(=O)O)c1-c1ccncc1. The van der Waals surface area contributed by atoms with Gasteiger partial charge in [-0.05, 0) is 24.6 Å². The van der Waals surface area contributed by atoms with Crippen molar-refractivity contribution in [1.82, 2.24) is 10.1 Å². The number of aromatic carboxylic acids is 1. The number of hydrogen-bond donors (Lipinski definition) is 1. The monoisotopic (exact) mass is 204 g/mol. The zero-order valence-electron chi connectivity index (χ0n) is 7.97. The Kier molecular flexibility index (Phi) is 2.21. The van der Waals surface area contributed by atoms with E-state index in [0.717, 1.165) is 5.56 Å². The van der Waals surface area contributed by atoms with E-state index in [9.17, 15) is 4.79 Å². The van der Waals surface area contributed by atoms with Crippen LogP contribution >= 0.6 is 0 Å². The van der Waals surface area contributed by atoms with Crippen molar-refractivity contribution in [3.05, 3.63) is 36.0 Å². The fraction of sp³-hybridized carbons (Fsp3) is 0.100. The number of aromatic nitrogens is 2. The summed E-state index contributed by atoms with van der Waals surface area (Å²) >= 11 is 0. The van der Waals surface area contributed by atoms with Gasteiger partial charge in [0, 0.05) is 12.4 Å². The second kappa shape index (κ2) is 3.53. The lowest BCUT2D eigenvalue weighted by molar-refractivity contribution is 0.0686. The third kappa shape index (κ3) is 1.59. The lowest BCUT2D eigenvalue weighted by Gasteiger charge is -1.98. The lowest BCUT2D eigenvalue weighted by Crippen LogP contribution is -1.99. The zero-order valence-corrected chi connectivity index (χ0v) is 7.97. The third-order valence-electron chi connectivity index (χ3n) is 2.03. The normalized spacial score (nSPS) is 10.2. The quantitative estimate of drug-likeness (QED) is 0.806. The molecule has 0 amide bonds. The Bertz CT molecular complexity index is 491. The van der Waals surface area contributed by atoms with E-state index in [4.69, 9.17) is 9.63 Å². The Balaban J connectivity index is 2.62. The molecule has 0 bridgehead atoms. The number of carboxylic acids is 1. The van der Waals surface area contributed by atoms with E-state index in [1.807, 2.05) is 0 Å². The van der Waals surface area contributed by atoms with Crippen LogP contribution in [0.5, 0.6) is 0 Å². The molecule has 2 aromatic rings. The molecule has 0 saturated heterocycles. The summed E-state index contributed by atoms with van der Waals surface area (Å²) < 4.78 is 4.86. The molecule has 0 aliphatic carbocycles. The molecule has 0 fully saturated rings. The van der Waals surface area contributed by atoms with Gasteiger partial charge < -0.3 is 9.63 Å². The second-order valence-electron chi connectivity index (χ2n) is 3.00. The third-order valence-corrected chi connectivity index (χ3v) is 2.03. The van der Waals surface area contributed by atoms with Gasteiger partial charge in [0.1, 0.15) is 5.76 Å². The Morgan fingerprint density at radius 2 is 2.07 bits per heavy atom. The van der Waals surface area contributed by atoms with Crippen LogP contribution in [0.3, 0.4) is 0 Å². The molecule has 76 valence electrons. The molecule has 0 saturated carbocycles. The van der Waals surface area contributed by atoms with Gasteiger partial charge in [0.15, 0.2) is 5.69 Å². The van der Waals surface area contributed by atoms with Crippen molar-refractivity contribution in [1.29, 1.82) is 0 Å². The van der Waals surface area contributed by atoms with E-state index >= 15 is 0 Å². The number of hydrogen-bond acceptors (Lipinski definition) is 4. The fourth-order valence-corrected chi connectivity index (χ4v) is 1.38. The first-order valence-electron chi connectivity index (χ1n) is 4.30. The maximum Gasteiger partial charge on any atom is 0.358 e. The van der Waals surface area contributed by atoms with Crippen molar-refractivity contribution in [3.63, 3.8) is 0 Å². The molecule has 0 aromatic carbocycles. The van der Waals surface area contributed by atoms with Crippen molar-refractivity contribution in [2.45, 2.75) is 6.92 Å². The molecule has 0 aliphatic heterocycles. The number of carbonyl (C=O) groups is 1. The van der Waals surface area contributed by atoms with Gasteiger partial charge in [0.25, 0.3) is 0 Å². The van der Waals surface area contributed by atoms with Crippen LogP contribution in [-0.4, -0.2) is 21.2 Å². The summed E-state index contributed by atoms with van der Waals surface area (Å²) in [5.41, 5.74) is 1.17. The van der Waals surface area contributed by atoms with Gasteiger partial charge in [0.2, 0.25) is 0 Å². The first kappa shape index (κ1) is 9.39. The number of carboxylic acid groups (broad SMARTS) is 1. The van der Waals surface area contributed by atoms with Crippen molar-refractivity contribution in [2.75, 3.05) is 0 Å². The smallest absolute Gasteiger partial charge is 0.358 e. The van der Waals surface area contributed by atoms with Crippen molar-refractivity contribution < 1.29 is 14.4 Å². The Morgan fingerprint density at radius 3 is 2.67 bits per heavy atom. The summed E-state index contributed by atoms with van der Waals surface area (Å²) in [5.74, 6) is -0.614.